The van der Waals surface area contributed by atoms with Crippen LogP contribution >= 0.6 is 23.2 Å². The van der Waals surface area contributed by atoms with Crippen LogP contribution in [0.4, 0.5) is 10.5 Å². The van der Waals surface area contributed by atoms with Crippen molar-refractivity contribution in [3.05, 3.63) is 27.7 Å². The fourth-order valence-corrected chi connectivity index (χ4v) is 2.30. The normalized spacial score (nSPS) is 11.8. The van der Waals surface area contributed by atoms with E-state index in [2.05, 4.69) is 10.6 Å². The van der Waals surface area contributed by atoms with Gasteiger partial charge >= 0.3 is 12.0 Å². The minimum absolute atomic E-state index is 0.121. The first-order valence-corrected chi connectivity index (χ1v) is 7.34. The Bertz CT molecular complexity index is 535. The average molecular weight is 333 g/mol. The van der Waals surface area contributed by atoms with Crippen LogP contribution < -0.4 is 10.6 Å². The van der Waals surface area contributed by atoms with Crippen molar-refractivity contribution in [2.24, 2.45) is 0 Å². The van der Waals surface area contributed by atoms with Gasteiger partial charge in [-0.15, -0.1) is 0 Å². The molecule has 2 amide bonds. The molecule has 21 heavy (non-hydrogen) atoms. The van der Waals surface area contributed by atoms with E-state index in [4.69, 9.17) is 28.3 Å². The molecule has 0 saturated carbocycles. The lowest BCUT2D eigenvalue weighted by Crippen LogP contribution is -2.39. The summed E-state index contributed by atoms with van der Waals surface area (Å²) < 4.78 is 0. The van der Waals surface area contributed by atoms with Gasteiger partial charge in [-0.25, -0.2) is 4.79 Å². The number of amides is 2. The SMILES string of the molecule is CCCC(CC(=O)O)NC(=O)Nc1cc(Cl)c(C)cc1Cl. The van der Waals surface area contributed by atoms with E-state index < -0.39 is 18.0 Å². The number of carboxylic acid groups (broad SMARTS) is 1. The van der Waals surface area contributed by atoms with Gasteiger partial charge in [-0.1, -0.05) is 36.5 Å². The summed E-state index contributed by atoms with van der Waals surface area (Å²) in [6.45, 7) is 3.73. The monoisotopic (exact) mass is 332 g/mol. The highest BCUT2D eigenvalue weighted by molar-refractivity contribution is 6.36. The second-order valence-corrected chi connectivity index (χ2v) is 5.58. The summed E-state index contributed by atoms with van der Waals surface area (Å²) >= 11 is 12.0. The molecule has 0 spiro atoms. The largest absolute Gasteiger partial charge is 0.481 e. The number of aliphatic carboxylic acids is 1. The van der Waals surface area contributed by atoms with Crippen LogP contribution in [0.2, 0.25) is 10.0 Å². The number of benzene rings is 1. The van der Waals surface area contributed by atoms with Crippen LogP contribution in [0.5, 0.6) is 0 Å². The van der Waals surface area contributed by atoms with Crippen molar-refractivity contribution in [3.63, 3.8) is 0 Å². The Morgan fingerprint density at radius 1 is 1.29 bits per heavy atom. The van der Waals surface area contributed by atoms with Crippen LogP contribution in [0.3, 0.4) is 0 Å². The molecular weight excluding hydrogens is 315 g/mol. The first-order valence-electron chi connectivity index (χ1n) is 6.58. The lowest BCUT2D eigenvalue weighted by atomic mass is 10.1. The Kier molecular flexibility index (Phi) is 6.78. The summed E-state index contributed by atoms with van der Waals surface area (Å²) in [4.78, 5) is 22.7. The van der Waals surface area contributed by atoms with Gasteiger partial charge in [-0.05, 0) is 31.0 Å². The quantitative estimate of drug-likeness (QED) is 0.734. The smallest absolute Gasteiger partial charge is 0.319 e. The first kappa shape index (κ1) is 17.6. The summed E-state index contributed by atoms with van der Waals surface area (Å²) in [6.07, 6.45) is 1.24. The average Bonchev–Trinajstić information content (AvgIpc) is 2.35. The van der Waals surface area contributed by atoms with Gasteiger partial charge in [0.25, 0.3) is 0 Å². The molecular formula is C14H18Cl2N2O3. The van der Waals surface area contributed by atoms with E-state index >= 15 is 0 Å². The van der Waals surface area contributed by atoms with Crippen molar-refractivity contribution in [1.29, 1.82) is 0 Å². The number of rotatable bonds is 6. The number of hydrogen-bond donors (Lipinski definition) is 3. The second-order valence-electron chi connectivity index (χ2n) is 4.76. The summed E-state index contributed by atoms with van der Waals surface area (Å²) in [5, 5.41) is 14.9. The number of halogens is 2. The van der Waals surface area contributed by atoms with Gasteiger partial charge in [0.1, 0.15) is 0 Å². The highest BCUT2D eigenvalue weighted by Crippen LogP contribution is 2.28. The molecule has 0 aromatic heterocycles. The van der Waals surface area contributed by atoms with Gasteiger partial charge in [0, 0.05) is 11.1 Å². The second kappa shape index (κ2) is 8.10. The number of carbonyl (C=O) groups is 2. The molecule has 1 atom stereocenters. The van der Waals surface area contributed by atoms with E-state index in [0.29, 0.717) is 22.2 Å². The van der Waals surface area contributed by atoms with Crippen LogP contribution in [0.1, 0.15) is 31.7 Å². The van der Waals surface area contributed by atoms with Crippen molar-refractivity contribution in [3.8, 4) is 0 Å². The Labute approximate surface area is 133 Å². The molecule has 1 aromatic rings. The zero-order valence-electron chi connectivity index (χ0n) is 11.9. The molecule has 116 valence electrons. The summed E-state index contributed by atoms with van der Waals surface area (Å²) in [7, 11) is 0. The molecule has 1 aromatic carbocycles. The van der Waals surface area contributed by atoms with E-state index in [-0.39, 0.29) is 6.42 Å². The first-order chi connectivity index (χ1) is 9.83. The maximum absolute atomic E-state index is 11.9. The molecule has 0 saturated heterocycles. The maximum Gasteiger partial charge on any atom is 0.319 e. The molecule has 0 aliphatic heterocycles. The predicted octanol–water partition coefficient (Wildman–Crippen LogP) is 4.07. The van der Waals surface area contributed by atoms with Gasteiger partial charge in [0.15, 0.2) is 0 Å². The Morgan fingerprint density at radius 2 is 1.95 bits per heavy atom. The summed E-state index contributed by atoms with van der Waals surface area (Å²) in [5.41, 5.74) is 1.19. The zero-order valence-corrected chi connectivity index (χ0v) is 13.4. The number of carboxylic acids is 1. The topological polar surface area (TPSA) is 78.4 Å². The Balaban J connectivity index is 2.71. The van der Waals surface area contributed by atoms with E-state index in [0.717, 1.165) is 12.0 Å². The minimum atomic E-state index is -0.954. The molecule has 0 heterocycles. The summed E-state index contributed by atoms with van der Waals surface area (Å²) in [5.74, 6) is -0.954. The molecule has 7 heteroatoms. The van der Waals surface area contributed by atoms with Crippen molar-refractivity contribution >= 4 is 40.9 Å². The third-order valence-electron chi connectivity index (χ3n) is 2.89. The zero-order chi connectivity index (χ0) is 16.0. The number of anilines is 1. The van der Waals surface area contributed by atoms with Crippen LogP contribution in [-0.2, 0) is 4.79 Å². The molecule has 0 bridgehead atoms. The number of aryl methyl sites for hydroxylation is 1. The van der Waals surface area contributed by atoms with E-state index in [1.54, 1.807) is 12.1 Å². The number of carbonyl (C=O) groups excluding carboxylic acids is 1. The highest BCUT2D eigenvalue weighted by atomic mass is 35.5. The Morgan fingerprint density at radius 3 is 2.52 bits per heavy atom. The fourth-order valence-electron chi connectivity index (χ4n) is 1.87. The van der Waals surface area contributed by atoms with Crippen LogP contribution in [-0.4, -0.2) is 23.1 Å². The number of urea groups is 1. The molecule has 0 aliphatic rings. The van der Waals surface area contributed by atoms with Gasteiger partial charge in [0.05, 0.1) is 17.1 Å². The number of nitrogens with one attached hydrogen (secondary N) is 2. The Hall–Kier alpha value is -1.46. The molecule has 1 rings (SSSR count). The lowest BCUT2D eigenvalue weighted by Gasteiger charge is -2.17. The third-order valence-corrected chi connectivity index (χ3v) is 3.61. The minimum Gasteiger partial charge on any atom is -0.481 e. The van der Waals surface area contributed by atoms with Crippen molar-refractivity contribution in [1.82, 2.24) is 5.32 Å². The van der Waals surface area contributed by atoms with Gasteiger partial charge < -0.3 is 15.7 Å². The molecule has 0 fully saturated rings. The van der Waals surface area contributed by atoms with E-state index in [1.807, 2.05) is 13.8 Å². The van der Waals surface area contributed by atoms with Gasteiger partial charge in [0.2, 0.25) is 0 Å². The molecule has 0 radical (unpaired) electrons. The lowest BCUT2D eigenvalue weighted by molar-refractivity contribution is -0.137. The van der Waals surface area contributed by atoms with Crippen LogP contribution in [0, 0.1) is 6.92 Å². The van der Waals surface area contributed by atoms with Crippen molar-refractivity contribution in [2.75, 3.05) is 5.32 Å². The van der Waals surface area contributed by atoms with Gasteiger partial charge in [-0.3, -0.25) is 4.79 Å². The molecule has 1 unspecified atom stereocenters. The predicted molar refractivity (Wildman–Crippen MR) is 84.3 cm³/mol. The third kappa shape index (κ3) is 5.81. The maximum atomic E-state index is 11.9. The molecule has 3 N–H and O–H groups in total. The van der Waals surface area contributed by atoms with Gasteiger partial charge in [-0.2, -0.15) is 0 Å². The van der Waals surface area contributed by atoms with Crippen LogP contribution in [0.15, 0.2) is 12.1 Å². The van der Waals surface area contributed by atoms with Crippen LogP contribution in [0.25, 0.3) is 0 Å². The van der Waals surface area contributed by atoms with Crippen molar-refractivity contribution in [2.45, 2.75) is 39.2 Å². The fraction of sp³-hybridized carbons (Fsp3) is 0.429. The highest BCUT2D eigenvalue weighted by Gasteiger charge is 2.16. The van der Waals surface area contributed by atoms with E-state index in [1.165, 1.54) is 0 Å². The van der Waals surface area contributed by atoms with E-state index in [9.17, 15) is 9.59 Å². The summed E-state index contributed by atoms with van der Waals surface area (Å²) in [6, 6.07) is 2.29. The molecule has 0 aliphatic carbocycles. The van der Waals surface area contributed by atoms with Crippen molar-refractivity contribution < 1.29 is 14.7 Å². The molecule has 5 nitrogen and oxygen atoms in total. The number of hydrogen-bond acceptors (Lipinski definition) is 2. The standard InChI is InChI=1S/C14H18Cl2N2O3/c1-3-4-9(6-13(19)20)17-14(21)18-12-7-10(15)8(2)5-11(12)16/h5,7,9H,3-4,6H2,1-2H3,(H,19,20)(H2,17,18,21).